The lowest BCUT2D eigenvalue weighted by atomic mass is 9.74. The Morgan fingerprint density at radius 2 is 2.04 bits per heavy atom. The van der Waals surface area contributed by atoms with Crippen molar-refractivity contribution in [1.82, 2.24) is 5.01 Å². The Balaban J connectivity index is 1.99. The van der Waals surface area contributed by atoms with Gasteiger partial charge in [-0.2, -0.15) is 0 Å². The van der Waals surface area contributed by atoms with E-state index in [-0.39, 0.29) is 5.41 Å². The molecule has 1 fully saturated rings. The SMILES string of the molecule is C=C(C1=CC(=[N+](OCCC)N2CCOCC2)CC(C)(C)C1)c1cccc(Cl)c1. The summed E-state index contributed by atoms with van der Waals surface area (Å²) in [7, 11) is 0. The fourth-order valence-corrected chi connectivity index (χ4v) is 4.00. The number of ether oxygens (including phenoxy) is 1. The van der Waals surface area contributed by atoms with Crippen LogP contribution in [0.5, 0.6) is 0 Å². The lowest BCUT2D eigenvalue weighted by Crippen LogP contribution is -2.47. The summed E-state index contributed by atoms with van der Waals surface area (Å²) < 4.78 is 5.54. The summed E-state index contributed by atoms with van der Waals surface area (Å²) in [6.45, 7) is 15.0. The van der Waals surface area contributed by atoms with E-state index in [0.29, 0.717) is 6.61 Å². The van der Waals surface area contributed by atoms with Gasteiger partial charge in [0.15, 0.2) is 6.61 Å². The normalized spacial score (nSPS) is 21.1. The van der Waals surface area contributed by atoms with Gasteiger partial charge in [-0.25, -0.2) is 4.84 Å². The number of hydrogen-bond acceptors (Lipinski definition) is 3. The third-order valence-electron chi connectivity index (χ3n) is 5.14. The van der Waals surface area contributed by atoms with E-state index in [4.69, 9.17) is 21.2 Å². The molecule has 0 atom stereocenters. The zero-order valence-electron chi connectivity index (χ0n) is 17.3. The first kappa shape index (κ1) is 20.9. The van der Waals surface area contributed by atoms with E-state index in [0.717, 1.165) is 61.7 Å². The van der Waals surface area contributed by atoms with Crippen LogP contribution >= 0.6 is 11.6 Å². The van der Waals surface area contributed by atoms with E-state index in [1.807, 2.05) is 23.0 Å². The van der Waals surface area contributed by atoms with E-state index >= 15 is 0 Å². The van der Waals surface area contributed by atoms with Crippen LogP contribution in [0.25, 0.3) is 5.57 Å². The summed E-state index contributed by atoms with van der Waals surface area (Å²) in [4.78, 5) is 8.21. The quantitative estimate of drug-likeness (QED) is 0.485. The molecule has 1 aliphatic heterocycles. The second-order valence-corrected chi connectivity index (χ2v) is 8.78. The molecule has 0 aromatic heterocycles. The highest BCUT2D eigenvalue weighted by Gasteiger charge is 2.36. The van der Waals surface area contributed by atoms with Crippen LogP contribution in [0.2, 0.25) is 5.02 Å². The second kappa shape index (κ2) is 9.15. The zero-order chi connectivity index (χ0) is 20.1. The van der Waals surface area contributed by atoms with Gasteiger partial charge in [0.05, 0.1) is 18.1 Å². The Morgan fingerprint density at radius 3 is 2.71 bits per heavy atom. The Bertz CT molecular complexity index is 777. The van der Waals surface area contributed by atoms with Gasteiger partial charge in [-0.3, -0.25) is 0 Å². The maximum absolute atomic E-state index is 6.21. The molecule has 5 heteroatoms. The molecule has 1 heterocycles. The molecule has 1 saturated heterocycles. The largest absolute Gasteiger partial charge is 0.377 e. The van der Waals surface area contributed by atoms with Crippen LogP contribution in [0.1, 0.15) is 45.6 Å². The van der Waals surface area contributed by atoms with Crippen LogP contribution in [0.4, 0.5) is 0 Å². The van der Waals surface area contributed by atoms with Gasteiger partial charge in [0.1, 0.15) is 13.1 Å². The molecule has 1 aromatic carbocycles. The van der Waals surface area contributed by atoms with Gasteiger partial charge in [0.2, 0.25) is 0 Å². The molecule has 0 saturated carbocycles. The van der Waals surface area contributed by atoms with E-state index in [2.05, 4.69) is 44.5 Å². The highest BCUT2D eigenvalue weighted by atomic mass is 35.5. The number of morpholine rings is 1. The first-order valence-corrected chi connectivity index (χ1v) is 10.5. The highest BCUT2D eigenvalue weighted by molar-refractivity contribution is 6.30. The van der Waals surface area contributed by atoms with Gasteiger partial charge in [-0.05, 0) is 47.1 Å². The van der Waals surface area contributed by atoms with E-state index < -0.39 is 0 Å². The molecule has 0 radical (unpaired) electrons. The first-order chi connectivity index (χ1) is 13.4. The fraction of sp³-hybridized carbons (Fsp3) is 0.522. The molecular formula is C23H32ClN2O2+. The standard InChI is InChI=1S/C23H32ClN2O2/c1-5-11-28-26(25-9-12-27-13-10-25)22-15-20(16-23(3,4)17-22)18(2)19-7-6-8-21(24)14-19/h6-8,14-15H,2,5,9-13,16-17H2,1,3-4H3/q+1. The first-order valence-electron chi connectivity index (χ1n) is 10.2. The molecule has 2 aliphatic rings. The van der Waals surface area contributed by atoms with Gasteiger partial charge < -0.3 is 4.74 Å². The van der Waals surface area contributed by atoms with Crippen LogP contribution in [0.3, 0.4) is 0 Å². The number of nitrogens with zero attached hydrogens (tertiary/aromatic N) is 2. The Morgan fingerprint density at radius 1 is 1.29 bits per heavy atom. The molecule has 0 amide bonds. The van der Waals surface area contributed by atoms with E-state index in [9.17, 15) is 0 Å². The highest BCUT2D eigenvalue weighted by Crippen LogP contribution is 2.39. The van der Waals surface area contributed by atoms with Crippen molar-refractivity contribution in [3.8, 4) is 0 Å². The van der Waals surface area contributed by atoms with Gasteiger partial charge in [0, 0.05) is 17.5 Å². The molecule has 1 aromatic rings. The average molecular weight is 404 g/mol. The number of hydrazone groups is 1. The van der Waals surface area contributed by atoms with Gasteiger partial charge in [-0.1, -0.05) is 51.1 Å². The maximum Gasteiger partial charge on any atom is 0.264 e. The van der Waals surface area contributed by atoms with Gasteiger partial charge >= 0.3 is 0 Å². The van der Waals surface area contributed by atoms with Crippen molar-refractivity contribution in [2.45, 2.75) is 40.0 Å². The minimum Gasteiger partial charge on any atom is -0.377 e. The Labute approximate surface area is 174 Å². The molecule has 3 rings (SSSR count). The van der Waals surface area contributed by atoms with Crippen molar-refractivity contribution in [1.29, 1.82) is 0 Å². The summed E-state index contributed by atoms with van der Waals surface area (Å²) in [6, 6.07) is 7.93. The van der Waals surface area contributed by atoms with Crippen LogP contribution in [-0.2, 0) is 9.57 Å². The predicted octanol–water partition coefficient (Wildman–Crippen LogP) is 5.14. The summed E-state index contributed by atoms with van der Waals surface area (Å²) >= 11 is 6.21. The van der Waals surface area contributed by atoms with Crippen LogP contribution in [-0.4, -0.2) is 48.5 Å². The maximum atomic E-state index is 6.21. The predicted molar refractivity (Wildman–Crippen MR) is 115 cm³/mol. The van der Waals surface area contributed by atoms with E-state index in [1.54, 1.807) is 0 Å². The molecule has 1 aliphatic carbocycles. The average Bonchev–Trinajstić information content (AvgIpc) is 2.67. The third kappa shape index (κ3) is 5.18. The van der Waals surface area contributed by atoms with Crippen LogP contribution in [0.15, 0.2) is 42.5 Å². The molecule has 28 heavy (non-hydrogen) atoms. The monoisotopic (exact) mass is 403 g/mol. The fourth-order valence-electron chi connectivity index (χ4n) is 3.81. The molecule has 0 spiro atoms. The topological polar surface area (TPSA) is 24.7 Å². The molecule has 0 unspecified atom stereocenters. The number of hydrogen-bond donors (Lipinski definition) is 0. The Hall–Kier alpha value is -1.78. The van der Waals surface area contributed by atoms with Crippen molar-refractivity contribution in [2.75, 3.05) is 32.9 Å². The minimum atomic E-state index is 0.126. The minimum absolute atomic E-state index is 0.126. The van der Waals surface area contributed by atoms with Crippen molar-refractivity contribution >= 4 is 22.9 Å². The molecule has 4 nitrogen and oxygen atoms in total. The van der Waals surface area contributed by atoms with Gasteiger partial charge in [-0.15, -0.1) is 5.01 Å². The Kier molecular flexibility index (Phi) is 6.84. The summed E-state index contributed by atoms with van der Waals surface area (Å²) in [5, 5.41) is 2.99. The van der Waals surface area contributed by atoms with Crippen molar-refractivity contribution in [3.05, 3.63) is 53.1 Å². The number of allylic oxidation sites excluding steroid dienone is 3. The molecule has 152 valence electrons. The van der Waals surface area contributed by atoms with Crippen molar-refractivity contribution in [3.63, 3.8) is 0 Å². The van der Waals surface area contributed by atoms with E-state index in [1.165, 1.54) is 11.3 Å². The molecule has 0 N–H and O–H groups in total. The smallest absolute Gasteiger partial charge is 0.264 e. The number of halogens is 1. The van der Waals surface area contributed by atoms with Crippen molar-refractivity contribution in [2.24, 2.45) is 5.41 Å². The summed E-state index contributed by atoms with van der Waals surface area (Å²) in [5.74, 6) is 0. The number of rotatable bonds is 6. The molecule has 0 bridgehead atoms. The zero-order valence-corrected chi connectivity index (χ0v) is 18.1. The number of hydrazine groups is 1. The molecular weight excluding hydrogens is 372 g/mol. The van der Waals surface area contributed by atoms with Crippen molar-refractivity contribution < 1.29 is 14.4 Å². The number of benzene rings is 1. The van der Waals surface area contributed by atoms with Gasteiger partial charge in [0.25, 0.3) is 5.71 Å². The third-order valence-corrected chi connectivity index (χ3v) is 5.37. The lowest BCUT2D eigenvalue weighted by Gasteiger charge is -2.31. The lowest BCUT2D eigenvalue weighted by molar-refractivity contribution is -0.897. The van der Waals surface area contributed by atoms with Crippen LogP contribution < -0.4 is 0 Å². The summed E-state index contributed by atoms with van der Waals surface area (Å²) in [5.41, 5.74) is 4.66. The van der Waals surface area contributed by atoms with Crippen LogP contribution in [0, 0.1) is 5.41 Å². The summed E-state index contributed by atoms with van der Waals surface area (Å²) in [6.07, 6.45) is 5.18. The second-order valence-electron chi connectivity index (χ2n) is 8.34.